The van der Waals surface area contributed by atoms with Crippen LogP contribution in [0.2, 0.25) is 0 Å². The van der Waals surface area contributed by atoms with Crippen molar-refractivity contribution in [2.75, 3.05) is 0 Å². The van der Waals surface area contributed by atoms with Crippen LogP contribution in [0.3, 0.4) is 0 Å². The highest BCUT2D eigenvalue weighted by atomic mass is 32.2. The highest BCUT2D eigenvalue weighted by molar-refractivity contribution is 8.00. The number of hydrogen-bond donors (Lipinski definition) is 0. The SMILES string of the molecule is CCC(C#N)c1ccc(SC(F)(F)F)cc1. The fraction of sp³-hybridized carbons (Fsp3) is 0.364. The van der Waals surface area contributed by atoms with E-state index in [9.17, 15) is 13.2 Å². The van der Waals surface area contributed by atoms with Crippen LogP contribution in [0.15, 0.2) is 29.2 Å². The number of nitrogens with zero attached hydrogens (tertiary/aromatic N) is 1. The third-order valence-corrected chi connectivity index (χ3v) is 2.82. The minimum Gasteiger partial charge on any atom is -0.198 e. The number of nitriles is 1. The Morgan fingerprint density at radius 1 is 1.31 bits per heavy atom. The van der Waals surface area contributed by atoms with Gasteiger partial charge in [-0.1, -0.05) is 19.1 Å². The van der Waals surface area contributed by atoms with Gasteiger partial charge in [0.1, 0.15) is 0 Å². The van der Waals surface area contributed by atoms with E-state index >= 15 is 0 Å². The van der Waals surface area contributed by atoms with Gasteiger partial charge >= 0.3 is 5.51 Å². The Kier molecular flexibility index (Phi) is 4.25. The molecule has 0 aliphatic rings. The predicted octanol–water partition coefficient (Wildman–Crippen LogP) is 4.32. The lowest BCUT2D eigenvalue weighted by Crippen LogP contribution is -1.99. The number of alkyl halides is 3. The first-order valence-electron chi connectivity index (χ1n) is 4.71. The molecule has 0 heterocycles. The van der Waals surface area contributed by atoms with Crippen LogP contribution in [0.4, 0.5) is 13.2 Å². The zero-order valence-corrected chi connectivity index (χ0v) is 9.40. The smallest absolute Gasteiger partial charge is 0.198 e. The molecule has 1 aromatic rings. The summed E-state index contributed by atoms with van der Waals surface area (Å²) >= 11 is -0.147. The predicted molar refractivity (Wildman–Crippen MR) is 57.0 cm³/mol. The van der Waals surface area contributed by atoms with E-state index < -0.39 is 5.51 Å². The minimum absolute atomic E-state index is 0.143. The molecular formula is C11H10F3NS. The Hall–Kier alpha value is -1.15. The first kappa shape index (κ1) is 12.9. The molecule has 0 radical (unpaired) electrons. The second-order valence-electron chi connectivity index (χ2n) is 3.21. The molecule has 16 heavy (non-hydrogen) atoms. The third-order valence-electron chi connectivity index (χ3n) is 2.08. The van der Waals surface area contributed by atoms with E-state index in [4.69, 9.17) is 5.26 Å². The lowest BCUT2D eigenvalue weighted by molar-refractivity contribution is -0.0328. The van der Waals surface area contributed by atoms with Crippen LogP contribution in [-0.4, -0.2) is 5.51 Å². The summed E-state index contributed by atoms with van der Waals surface area (Å²) in [6.07, 6.45) is 0.655. The molecule has 0 spiro atoms. The average molecular weight is 245 g/mol. The number of rotatable bonds is 3. The van der Waals surface area contributed by atoms with Crippen molar-refractivity contribution in [2.45, 2.75) is 29.7 Å². The van der Waals surface area contributed by atoms with Gasteiger partial charge < -0.3 is 0 Å². The highest BCUT2D eigenvalue weighted by Crippen LogP contribution is 2.37. The van der Waals surface area contributed by atoms with Crippen LogP contribution >= 0.6 is 11.8 Å². The van der Waals surface area contributed by atoms with E-state index in [1.807, 2.05) is 6.92 Å². The fourth-order valence-corrected chi connectivity index (χ4v) is 1.84. The zero-order chi connectivity index (χ0) is 12.2. The molecule has 0 saturated heterocycles. The second-order valence-corrected chi connectivity index (χ2v) is 4.35. The summed E-state index contributed by atoms with van der Waals surface area (Å²) in [6.45, 7) is 1.87. The maximum absolute atomic E-state index is 12.0. The van der Waals surface area contributed by atoms with Crippen molar-refractivity contribution in [3.05, 3.63) is 29.8 Å². The molecule has 86 valence electrons. The molecule has 0 fully saturated rings. The number of hydrogen-bond acceptors (Lipinski definition) is 2. The maximum atomic E-state index is 12.0. The first-order valence-corrected chi connectivity index (χ1v) is 5.53. The van der Waals surface area contributed by atoms with Crippen molar-refractivity contribution in [1.29, 1.82) is 5.26 Å². The second kappa shape index (κ2) is 5.26. The number of halogens is 3. The number of benzene rings is 1. The van der Waals surface area contributed by atoms with Crippen molar-refractivity contribution in [3.8, 4) is 6.07 Å². The van der Waals surface area contributed by atoms with Gasteiger partial charge in [-0.3, -0.25) is 0 Å². The Bertz CT molecular complexity index is 378. The van der Waals surface area contributed by atoms with Crippen molar-refractivity contribution >= 4 is 11.8 Å². The summed E-state index contributed by atoms with van der Waals surface area (Å²) in [6, 6.07) is 8.05. The molecule has 1 nitrogen and oxygen atoms in total. The van der Waals surface area contributed by atoms with Gasteiger partial charge in [0.25, 0.3) is 0 Å². The Morgan fingerprint density at radius 2 is 1.88 bits per heavy atom. The Labute approximate surface area is 96.3 Å². The minimum atomic E-state index is -4.26. The summed E-state index contributed by atoms with van der Waals surface area (Å²) in [5.41, 5.74) is -3.50. The van der Waals surface area contributed by atoms with Crippen LogP contribution in [0.1, 0.15) is 24.8 Å². The molecule has 0 bridgehead atoms. The van der Waals surface area contributed by atoms with E-state index in [1.165, 1.54) is 12.1 Å². The summed E-state index contributed by atoms with van der Waals surface area (Å²) in [5, 5.41) is 8.80. The van der Waals surface area contributed by atoms with E-state index in [0.717, 1.165) is 5.56 Å². The molecule has 0 aliphatic heterocycles. The zero-order valence-electron chi connectivity index (χ0n) is 8.58. The van der Waals surface area contributed by atoms with Gasteiger partial charge in [0, 0.05) is 4.90 Å². The van der Waals surface area contributed by atoms with Crippen molar-refractivity contribution in [1.82, 2.24) is 0 Å². The molecule has 1 unspecified atom stereocenters. The van der Waals surface area contributed by atoms with Gasteiger partial charge in [0.15, 0.2) is 0 Å². The van der Waals surface area contributed by atoms with Gasteiger partial charge in [-0.05, 0) is 35.9 Å². The molecule has 1 atom stereocenters. The van der Waals surface area contributed by atoms with Crippen LogP contribution in [-0.2, 0) is 0 Å². The van der Waals surface area contributed by atoms with Gasteiger partial charge in [0.2, 0.25) is 0 Å². The molecular weight excluding hydrogens is 235 g/mol. The van der Waals surface area contributed by atoms with Gasteiger partial charge in [-0.2, -0.15) is 18.4 Å². The molecule has 0 aliphatic carbocycles. The van der Waals surface area contributed by atoms with E-state index in [-0.39, 0.29) is 22.6 Å². The van der Waals surface area contributed by atoms with Crippen molar-refractivity contribution in [3.63, 3.8) is 0 Å². The lowest BCUT2D eigenvalue weighted by Gasteiger charge is -2.08. The lowest BCUT2D eigenvalue weighted by atomic mass is 9.98. The highest BCUT2D eigenvalue weighted by Gasteiger charge is 2.29. The van der Waals surface area contributed by atoms with Gasteiger partial charge in [-0.15, -0.1) is 0 Å². The van der Waals surface area contributed by atoms with E-state index in [0.29, 0.717) is 6.42 Å². The van der Waals surface area contributed by atoms with E-state index in [1.54, 1.807) is 12.1 Å². The van der Waals surface area contributed by atoms with Gasteiger partial charge in [-0.25, -0.2) is 0 Å². The van der Waals surface area contributed by atoms with Crippen LogP contribution in [0.25, 0.3) is 0 Å². The Balaban J connectivity index is 2.80. The molecule has 0 saturated carbocycles. The summed E-state index contributed by atoms with van der Waals surface area (Å²) in [5.74, 6) is -0.245. The van der Waals surface area contributed by atoms with Crippen LogP contribution in [0, 0.1) is 11.3 Å². The molecule has 1 rings (SSSR count). The quantitative estimate of drug-likeness (QED) is 0.740. The summed E-state index contributed by atoms with van der Waals surface area (Å²) < 4.78 is 36.1. The Morgan fingerprint density at radius 3 is 2.25 bits per heavy atom. The average Bonchev–Trinajstić information content (AvgIpc) is 2.20. The number of thioether (sulfide) groups is 1. The maximum Gasteiger partial charge on any atom is 0.446 e. The molecule has 0 amide bonds. The largest absolute Gasteiger partial charge is 0.446 e. The first-order chi connectivity index (χ1) is 7.46. The monoisotopic (exact) mass is 245 g/mol. The molecule has 5 heteroatoms. The van der Waals surface area contributed by atoms with Crippen LogP contribution in [0.5, 0.6) is 0 Å². The topological polar surface area (TPSA) is 23.8 Å². The summed E-state index contributed by atoms with van der Waals surface area (Å²) in [7, 11) is 0. The third kappa shape index (κ3) is 3.78. The van der Waals surface area contributed by atoms with Crippen LogP contribution < -0.4 is 0 Å². The van der Waals surface area contributed by atoms with Crippen molar-refractivity contribution in [2.24, 2.45) is 0 Å². The van der Waals surface area contributed by atoms with E-state index in [2.05, 4.69) is 6.07 Å². The molecule has 0 N–H and O–H groups in total. The van der Waals surface area contributed by atoms with Gasteiger partial charge in [0.05, 0.1) is 12.0 Å². The molecule has 1 aromatic carbocycles. The summed E-state index contributed by atoms with van der Waals surface area (Å²) in [4.78, 5) is 0.143. The normalized spacial score (nSPS) is 13.2. The molecule has 0 aromatic heterocycles. The fourth-order valence-electron chi connectivity index (χ4n) is 1.30. The standard InChI is InChI=1S/C11H10F3NS/c1-2-8(7-15)9-3-5-10(6-4-9)16-11(12,13)14/h3-6,8H,2H2,1H3. The van der Waals surface area contributed by atoms with Crippen molar-refractivity contribution < 1.29 is 13.2 Å².